The minimum absolute atomic E-state index is 0.205. The maximum Gasteiger partial charge on any atom is 0.250 e. The molecule has 0 fully saturated rings. The zero-order valence-corrected chi connectivity index (χ0v) is 18.7. The van der Waals surface area contributed by atoms with E-state index >= 15 is 0 Å². The molecule has 0 atom stereocenters. The van der Waals surface area contributed by atoms with Crippen LogP contribution in [-0.2, 0) is 17.8 Å². The largest absolute Gasteiger partial charge is 0.393 e. The first-order valence-electron chi connectivity index (χ1n) is 11.3. The lowest BCUT2D eigenvalue weighted by atomic mass is 9.91. The highest BCUT2D eigenvalue weighted by atomic mass is 16.2. The Morgan fingerprint density at radius 2 is 1.47 bits per heavy atom. The summed E-state index contributed by atoms with van der Waals surface area (Å²) in [6.07, 6.45) is 2.39. The summed E-state index contributed by atoms with van der Waals surface area (Å²) in [7, 11) is 0. The molecule has 7 nitrogen and oxygen atoms in total. The molecule has 2 heterocycles. The Morgan fingerprint density at radius 1 is 0.853 bits per heavy atom. The van der Waals surface area contributed by atoms with Gasteiger partial charge in [0.2, 0.25) is 5.91 Å². The number of hydrazine groups is 1. The summed E-state index contributed by atoms with van der Waals surface area (Å²) in [5, 5.41) is 0. The van der Waals surface area contributed by atoms with Gasteiger partial charge in [0.15, 0.2) is 11.6 Å². The number of nitrogens with zero attached hydrogens (tertiary/aromatic N) is 3. The van der Waals surface area contributed by atoms with Crippen molar-refractivity contribution in [2.75, 3.05) is 22.6 Å². The third-order valence-electron chi connectivity index (χ3n) is 6.13. The van der Waals surface area contributed by atoms with E-state index in [2.05, 4.69) is 43.9 Å². The number of hydrogen-bond acceptors (Lipinski definition) is 6. The average molecular weight is 451 g/mol. The van der Waals surface area contributed by atoms with E-state index in [1.807, 2.05) is 66.7 Å². The first-order chi connectivity index (χ1) is 16.7. The average Bonchev–Trinajstić information content (AvgIpc) is 2.89. The molecule has 4 aromatic rings. The summed E-state index contributed by atoms with van der Waals surface area (Å²) in [4.78, 5) is 24.1. The van der Waals surface area contributed by atoms with Crippen LogP contribution in [0, 0.1) is 0 Å². The van der Waals surface area contributed by atoms with Crippen LogP contribution < -0.4 is 21.5 Å². The van der Waals surface area contributed by atoms with Crippen molar-refractivity contribution in [2.45, 2.75) is 18.9 Å². The topological polar surface area (TPSA) is 96.2 Å². The highest BCUT2D eigenvalue weighted by Gasteiger charge is 2.24. The molecule has 1 amide bonds. The van der Waals surface area contributed by atoms with Crippen molar-refractivity contribution >= 4 is 23.2 Å². The van der Waals surface area contributed by atoms with Crippen LogP contribution in [0.4, 0.5) is 17.3 Å². The van der Waals surface area contributed by atoms with Crippen molar-refractivity contribution in [3.05, 3.63) is 114 Å². The number of hydrogen-bond donors (Lipinski definition) is 3. The van der Waals surface area contributed by atoms with Gasteiger partial charge in [-0.15, -0.1) is 0 Å². The lowest BCUT2D eigenvalue weighted by Crippen LogP contribution is -2.36. The van der Waals surface area contributed by atoms with Gasteiger partial charge in [-0.2, -0.15) is 0 Å². The molecule has 0 bridgehead atoms. The fourth-order valence-electron chi connectivity index (χ4n) is 4.39. The Hall–Kier alpha value is -4.39. The number of fused-ring (bicyclic) bond motifs is 1. The van der Waals surface area contributed by atoms with Crippen LogP contribution in [0.3, 0.4) is 0 Å². The summed E-state index contributed by atoms with van der Waals surface area (Å²) in [5.74, 6) is 0.348. The molecular formula is C27H26N6O. The number of carbonyl (C=O) groups excluding carboxylic acids is 1. The Balaban J connectivity index is 1.34. The maximum atomic E-state index is 13.3. The molecule has 1 aromatic heterocycles. The van der Waals surface area contributed by atoms with Gasteiger partial charge in [-0.1, -0.05) is 84.9 Å². The van der Waals surface area contributed by atoms with Crippen molar-refractivity contribution in [3.63, 3.8) is 0 Å². The van der Waals surface area contributed by atoms with E-state index in [1.165, 1.54) is 17.5 Å². The van der Waals surface area contributed by atoms with Crippen LogP contribution in [0.2, 0.25) is 0 Å². The van der Waals surface area contributed by atoms with Gasteiger partial charge < -0.3 is 10.6 Å². The minimum atomic E-state index is -0.476. The molecule has 1 aliphatic heterocycles. The number of nitrogens with two attached hydrogens (primary N) is 1. The van der Waals surface area contributed by atoms with Crippen molar-refractivity contribution < 1.29 is 4.79 Å². The minimum Gasteiger partial charge on any atom is -0.393 e. The molecule has 0 saturated heterocycles. The van der Waals surface area contributed by atoms with E-state index in [4.69, 9.17) is 5.73 Å². The van der Waals surface area contributed by atoms with Crippen molar-refractivity contribution in [2.24, 2.45) is 0 Å². The molecule has 7 heteroatoms. The number of nitrogen functional groups attached to an aromatic ring is 1. The maximum absolute atomic E-state index is 13.3. The first kappa shape index (κ1) is 21.5. The van der Waals surface area contributed by atoms with Crippen LogP contribution >= 0.6 is 0 Å². The van der Waals surface area contributed by atoms with Gasteiger partial charge in [0.25, 0.3) is 0 Å². The SMILES string of the molecule is Nc1c(NNC(=O)C(c2ccccc2)c2ccccc2)ncnc1N1CCc2ccccc2C1. The van der Waals surface area contributed by atoms with Crippen molar-refractivity contribution in [3.8, 4) is 0 Å². The summed E-state index contributed by atoms with van der Waals surface area (Å²) in [6, 6.07) is 27.8. The molecule has 5 rings (SSSR count). The van der Waals surface area contributed by atoms with Gasteiger partial charge in [-0.3, -0.25) is 15.6 Å². The predicted octanol–water partition coefficient (Wildman–Crippen LogP) is 3.90. The smallest absolute Gasteiger partial charge is 0.250 e. The molecule has 0 unspecified atom stereocenters. The van der Waals surface area contributed by atoms with Gasteiger partial charge in [0.1, 0.15) is 12.0 Å². The second kappa shape index (κ2) is 9.62. The monoisotopic (exact) mass is 450 g/mol. The van der Waals surface area contributed by atoms with E-state index < -0.39 is 5.92 Å². The quantitative estimate of drug-likeness (QED) is 0.386. The number of amides is 1. The molecule has 0 saturated carbocycles. The number of anilines is 3. The lowest BCUT2D eigenvalue weighted by molar-refractivity contribution is -0.121. The number of rotatable bonds is 6. The number of benzene rings is 3. The fourth-order valence-corrected chi connectivity index (χ4v) is 4.39. The molecule has 0 radical (unpaired) electrons. The van der Waals surface area contributed by atoms with Crippen LogP contribution in [0.25, 0.3) is 0 Å². The lowest BCUT2D eigenvalue weighted by Gasteiger charge is -2.30. The van der Waals surface area contributed by atoms with E-state index in [-0.39, 0.29) is 5.91 Å². The Labute approximate surface area is 198 Å². The molecule has 34 heavy (non-hydrogen) atoms. The van der Waals surface area contributed by atoms with E-state index in [0.717, 1.165) is 30.6 Å². The third kappa shape index (κ3) is 4.41. The van der Waals surface area contributed by atoms with E-state index in [0.29, 0.717) is 17.3 Å². The normalized spacial score (nSPS) is 12.8. The van der Waals surface area contributed by atoms with Gasteiger partial charge in [-0.25, -0.2) is 9.97 Å². The second-order valence-electron chi connectivity index (χ2n) is 8.27. The van der Waals surface area contributed by atoms with Crippen LogP contribution in [0.15, 0.2) is 91.3 Å². The molecule has 1 aliphatic rings. The first-order valence-corrected chi connectivity index (χ1v) is 11.3. The zero-order valence-electron chi connectivity index (χ0n) is 18.7. The van der Waals surface area contributed by atoms with E-state index in [1.54, 1.807) is 0 Å². The predicted molar refractivity (Wildman–Crippen MR) is 134 cm³/mol. The standard InChI is InChI=1S/C27H26N6O/c28-24-25(29-18-30-26(24)33-16-15-19-9-7-8-14-22(19)17-33)31-32-27(34)23(20-10-3-1-4-11-20)21-12-5-2-6-13-21/h1-14,18,23H,15-17,28H2,(H,32,34)(H,29,30,31). The Bertz CT molecular complexity index is 1240. The summed E-state index contributed by atoms with van der Waals surface area (Å²) < 4.78 is 0. The molecule has 3 aromatic carbocycles. The Kier molecular flexibility index (Phi) is 6.07. The van der Waals surface area contributed by atoms with Crippen LogP contribution in [0.5, 0.6) is 0 Å². The molecule has 0 spiro atoms. The van der Waals surface area contributed by atoms with Gasteiger partial charge >= 0.3 is 0 Å². The number of nitrogens with one attached hydrogen (secondary N) is 2. The highest BCUT2D eigenvalue weighted by molar-refractivity contribution is 5.88. The van der Waals surface area contributed by atoms with Gasteiger partial charge in [0.05, 0.1) is 5.92 Å². The van der Waals surface area contributed by atoms with Crippen LogP contribution in [0.1, 0.15) is 28.2 Å². The van der Waals surface area contributed by atoms with Gasteiger partial charge in [-0.05, 0) is 28.7 Å². The molecule has 170 valence electrons. The van der Waals surface area contributed by atoms with Crippen LogP contribution in [-0.4, -0.2) is 22.4 Å². The summed E-state index contributed by atoms with van der Waals surface area (Å²) in [5.41, 5.74) is 17.0. The summed E-state index contributed by atoms with van der Waals surface area (Å²) in [6.45, 7) is 1.54. The number of carbonyl (C=O) groups is 1. The zero-order chi connectivity index (χ0) is 23.3. The summed E-state index contributed by atoms with van der Waals surface area (Å²) >= 11 is 0. The van der Waals surface area contributed by atoms with E-state index in [9.17, 15) is 4.79 Å². The molecule has 0 aliphatic carbocycles. The third-order valence-corrected chi connectivity index (χ3v) is 6.13. The van der Waals surface area contributed by atoms with Crippen molar-refractivity contribution in [1.29, 1.82) is 0 Å². The number of aromatic nitrogens is 2. The van der Waals surface area contributed by atoms with Crippen molar-refractivity contribution in [1.82, 2.24) is 15.4 Å². The van der Waals surface area contributed by atoms with Gasteiger partial charge in [0, 0.05) is 13.1 Å². The Morgan fingerprint density at radius 3 is 2.15 bits per heavy atom. The highest BCUT2D eigenvalue weighted by Crippen LogP contribution is 2.30. The fraction of sp³-hybridized carbons (Fsp3) is 0.148. The molecule has 4 N–H and O–H groups in total. The second-order valence-corrected chi connectivity index (χ2v) is 8.27. The molecular weight excluding hydrogens is 424 g/mol.